The molecule has 0 aliphatic carbocycles. The van der Waals surface area contributed by atoms with E-state index in [2.05, 4.69) is 27.9 Å². The molecule has 0 aliphatic heterocycles. The van der Waals surface area contributed by atoms with Crippen LogP contribution in [0.5, 0.6) is 0 Å². The van der Waals surface area contributed by atoms with E-state index in [9.17, 15) is 4.79 Å². The van der Waals surface area contributed by atoms with Gasteiger partial charge in [0.05, 0.1) is 11.9 Å². The molecule has 1 aromatic rings. The topological polar surface area (TPSA) is 71.8 Å². The zero-order chi connectivity index (χ0) is 13.4. The Bertz CT molecular complexity index is 363. The summed E-state index contributed by atoms with van der Waals surface area (Å²) in [5.74, 6) is -0.0187. The third-order valence-electron chi connectivity index (χ3n) is 2.62. The summed E-state index contributed by atoms with van der Waals surface area (Å²) in [7, 11) is 0. The highest BCUT2D eigenvalue weighted by Gasteiger charge is 2.15. The quantitative estimate of drug-likeness (QED) is 0.674. The average molecular weight is 253 g/mol. The molecule has 1 atom stereocenters. The van der Waals surface area contributed by atoms with Crippen LogP contribution in [-0.2, 0) is 11.3 Å². The Morgan fingerprint density at radius 1 is 1.39 bits per heavy atom. The van der Waals surface area contributed by atoms with Crippen molar-refractivity contribution in [3.05, 3.63) is 11.9 Å². The summed E-state index contributed by atoms with van der Waals surface area (Å²) in [6.45, 7) is 8.31. The number of carbonyl (C=O) groups excluding carboxylic acids is 1. The number of amides is 1. The van der Waals surface area contributed by atoms with Crippen molar-refractivity contribution in [1.29, 1.82) is 0 Å². The van der Waals surface area contributed by atoms with Gasteiger partial charge in [0.1, 0.15) is 6.04 Å². The SMILES string of the molecule is CCCNCc1cn(C(C)C(=O)NCCC)nn1. The van der Waals surface area contributed by atoms with Crippen LogP contribution in [0.15, 0.2) is 6.20 Å². The van der Waals surface area contributed by atoms with Gasteiger partial charge in [-0.25, -0.2) is 4.68 Å². The summed E-state index contributed by atoms with van der Waals surface area (Å²) in [4.78, 5) is 11.8. The highest BCUT2D eigenvalue weighted by Crippen LogP contribution is 2.04. The molecular formula is C12H23N5O. The minimum Gasteiger partial charge on any atom is -0.354 e. The van der Waals surface area contributed by atoms with E-state index in [-0.39, 0.29) is 11.9 Å². The average Bonchev–Trinajstić information content (AvgIpc) is 2.84. The van der Waals surface area contributed by atoms with Gasteiger partial charge in [0.2, 0.25) is 5.91 Å². The zero-order valence-electron chi connectivity index (χ0n) is 11.4. The van der Waals surface area contributed by atoms with Crippen molar-refractivity contribution < 1.29 is 4.79 Å². The fourth-order valence-electron chi connectivity index (χ4n) is 1.49. The number of aromatic nitrogens is 3. The van der Waals surface area contributed by atoms with Gasteiger partial charge in [0, 0.05) is 13.1 Å². The van der Waals surface area contributed by atoms with E-state index in [0.717, 1.165) is 25.1 Å². The lowest BCUT2D eigenvalue weighted by Crippen LogP contribution is -2.31. The Balaban J connectivity index is 2.48. The Kier molecular flexibility index (Phi) is 6.35. The third-order valence-corrected chi connectivity index (χ3v) is 2.62. The van der Waals surface area contributed by atoms with Gasteiger partial charge in [-0.05, 0) is 26.3 Å². The number of nitrogens with one attached hydrogen (secondary N) is 2. The summed E-state index contributed by atoms with van der Waals surface area (Å²) < 4.78 is 1.61. The predicted octanol–water partition coefficient (Wildman–Crippen LogP) is 0.865. The van der Waals surface area contributed by atoms with Gasteiger partial charge in [0.15, 0.2) is 0 Å². The second kappa shape index (κ2) is 7.81. The van der Waals surface area contributed by atoms with E-state index in [1.165, 1.54) is 0 Å². The smallest absolute Gasteiger partial charge is 0.244 e. The van der Waals surface area contributed by atoms with Crippen LogP contribution in [0.4, 0.5) is 0 Å². The zero-order valence-corrected chi connectivity index (χ0v) is 11.4. The van der Waals surface area contributed by atoms with Crippen molar-refractivity contribution in [3.8, 4) is 0 Å². The van der Waals surface area contributed by atoms with Gasteiger partial charge < -0.3 is 10.6 Å². The molecule has 1 rings (SSSR count). The molecule has 0 aliphatic rings. The van der Waals surface area contributed by atoms with Crippen molar-refractivity contribution in [3.63, 3.8) is 0 Å². The van der Waals surface area contributed by atoms with Crippen LogP contribution in [-0.4, -0.2) is 34.0 Å². The summed E-state index contributed by atoms with van der Waals surface area (Å²) in [6, 6.07) is -0.316. The second-order valence-corrected chi connectivity index (χ2v) is 4.33. The molecule has 1 aromatic heterocycles. The predicted molar refractivity (Wildman–Crippen MR) is 70.0 cm³/mol. The maximum atomic E-state index is 11.8. The van der Waals surface area contributed by atoms with E-state index in [0.29, 0.717) is 13.1 Å². The monoisotopic (exact) mass is 253 g/mol. The molecule has 0 spiro atoms. The molecule has 0 aromatic carbocycles. The van der Waals surface area contributed by atoms with Crippen LogP contribution in [0, 0.1) is 0 Å². The summed E-state index contributed by atoms with van der Waals surface area (Å²) in [5, 5.41) is 14.1. The standard InChI is InChI=1S/C12H23N5O/c1-4-6-13-8-11-9-17(16-15-11)10(3)12(18)14-7-5-2/h9-10,13H,4-8H2,1-3H3,(H,14,18). The lowest BCUT2D eigenvalue weighted by atomic mass is 10.3. The molecule has 18 heavy (non-hydrogen) atoms. The fourth-order valence-corrected chi connectivity index (χ4v) is 1.49. The first-order valence-corrected chi connectivity index (χ1v) is 6.58. The van der Waals surface area contributed by atoms with Crippen LogP contribution in [0.2, 0.25) is 0 Å². The van der Waals surface area contributed by atoms with Crippen LogP contribution in [0.3, 0.4) is 0 Å². The lowest BCUT2D eigenvalue weighted by molar-refractivity contribution is -0.124. The van der Waals surface area contributed by atoms with Gasteiger partial charge in [-0.15, -0.1) is 5.10 Å². The van der Waals surface area contributed by atoms with E-state index >= 15 is 0 Å². The lowest BCUT2D eigenvalue weighted by Gasteiger charge is -2.10. The molecular weight excluding hydrogens is 230 g/mol. The number of carbonyl (C=O) groups is 1. The minimum absolute atomic E-state index is 0.0187. The largest absolute Gasteiger partial charge is 0.354 e. The van der Waals surface area contributed by atoms with Crippen LogP contribution < -0.4 is 10.6 Å². The number of nitrogens with zero attached hydrogens (tertiary/aromatic N) is 3. The molecule has 0 fully saturated rings. The van der Waals surface area contributed by atoms with Gasteiger partial charge in [-0.2, -0.15) is 0 Å². The van der Waals surface area contributed by atoms with Crippen molar-refractivity contribution in [2.75, 3.05) is 13.1 Å². The van der Waals surface area contributed by atoms with E-state index in [4.69, 9.17) is 0 Å². The van der Waals surface area contributed by atoms with E-state index < -0.39 is 0 Å². The van der Waals surface area contributed by atoms with Gasteiger partial charge in [-0.3, -0.25) is 4.79 Å². The number of rotatable bonds is 8. The molecule has 0 saturated carbocycles. The Morgan fingerprint density at radius 2 is 2.11 bits per heavy atom. The van der Waals surface area contributed by atoms with Gasteiger partial charge >= 0.3 is 0 Å². The molecule has 2 N–H and O–H groups in total. The molecule has 102 valence electrons. The van der Waals surface area contributed by atoms with E-state index in [1.807, 2.05) is 20.0 Å². The summed E-state index contributed by atoms with van der Waals surface area (Å²) in [5.41, 5.74) is 0.860. The van der Waals surface area contributed by atoms with Crippen molar-refractivity contribution >= 4 is 5.91 Å². The first kappa shape index (κ1) is 14.6. The molecule has 0 bridgehead atoms. The van der Waals surface area contributed by atoms with Gasteiger partial charge in [-0.1, -0.05) is 19.1 Å². The molecule has 6 nitrogen and oxygen atoms in total. The first-order valence-electron chi connectivity index (χ1n) is 6.58. The fraction of sp³-hybridized carbons (Fsp3) is 0.750. The Labute approximate surface area is 108 Å². The highest BCUT2D eigenvalue weighted by atomic mass is 16.2. The maximum absolute atomic E-state index is 11.8. The first-order chi connectivity index (χ1) is 8.69. The maximum Gasteiger partial charge on any atom is 0.244 e. The van der Waals surface area contributed by atoms with Crippen LogP contribution in [0.25, 0.3) is 0 Å². The summed E-state index contributed by atoms with van der Waals surface area (Å²) >= 11 is 0. The molecule has 0 radical (unpaired) electrons. The number of hydrogen-bond donors (Lipinski definition) is 2. The van der Waals surface area contributed by atoms with Crippen molar-refractivity contribution in [1.82, 2.24) is 25.6 Å². The second-order valence-electron chi connectivity index (χ2n) is 4.33. The molecule has 1 amide bonds. The van der Waals surface area contributed by atoms with Crippen LogP contribution >= 0.6 is 0 Å². The third kappa shape index (κ3) is 4.44. The summed E-state index contributed by atoms with van der Waals surface area (Å²) in [6.07, 6.45) is 3.84. The molecule has 1 heterocycles. The molecule has 6 heteroatoms. The number of hydrogen-bond acceptors (Lipinski definition) is 4. The minimum atomic E-state index is -0.316. The molecule has 0 saturated heterocycles. The Hall–Kier alpha value is -1.43. The van der Waals surface area contributed by atoms with Crippen molar-refractivity contribution in [2.24, 2.45) is 0 Å². The Morgan fingerprint density at radius 3 is 2.78 bits per heavy atom. The van der Waals surface area contributed by atoms with E-state index in [1.54, 1.807) is 4.68 Å². The highest BCUT2D eigenvalue weighted by molar-refractivity contribution is 5.79. The van der Waals surface area contributed by atoms with Crippen molar-refractivity contribution in [2.45, 2.75) is 46.2 Å². The molecule has 1 unspecified atom stereocenters. The normalized spacial score (nSPS) is 12.4. The van der Waals surface area contributed by atoms with Gasteiger partial charge in [0.25, 0.3) is 0 Å². The van der Waals surface area contributed by atoms with Crippen LogP contribution in [0.1, 0.15) is 45.3 Å².